The molecule has 0 saturated heterocycles. The Labute approximate surface area is 249 Å². The summed E-state index contributed by atoms with van der Waals surface area (Å²) in [6.07, 6.45) is 10.4. The van der Waals surface area contributed by atoms with Crippen molar-refractivity contribution in [1.82, 2.24) is 25.0 Å². The Kier molecular flexibility index (Phi) is 12.6. The van der Waals surface area contributed by atoms with Crippen LogP contribution in [0.2, 0.25) is 0 Å². The summed E-state index contributed by atoms with van der Waals surface area (Å²) in [5.41, 5.74) is 1.60. The topological polar surface area (TPSA) is 98.6 Å². The van der Waals surface area contributed by atoms with Gasteiger partial charge in [0.15, 0.2) is 5.82 Å². The Morgan fingerprint density at radius 1 is 1.19 bits per heavy atom. The summed E-state index contributed by atoms with van der Waals surface area (Å²) in [7, 11) is 3.44. The number of unbranched alkanes of at least 4 members (excludes halogenated alkanes) is 3. The summed E-state index contributed by atoms with van der Waals surface area (Å²) in [5, 5.41) is 8.40. The van der Waals surface area contributed by atoms with Crippen molar-refractivity contribution in [3.05, 3.63) is 68.0 Å². The Bertz CT molecular complexity index is 1330. The Hall–Kier alpha value is -4.14. The zero-order chi connectivity index (χ0) is 30.5. The summed E-state index contributed by atoms with van der Waals surface area (Å²) in [6.45, 7) is 12.6. The number of ether oxygens (including phenoxy) is 2. The van der Waals surface area contributed by atoms with E-state index >= 15 is 0 Å². The third-order valence-electron chi connectivity index (χ3n) is 7.19. The molecule has 1 N–H and O–H groups in total. The number of pyridine rings is 1. The lowest BCUT2D eigenvalue weighted by atomic mass is 9.99. The van der Waals surface area contributed by atoms with Crippen LogP contribution in [0.15, 0.2) is 62.3 Å². The Morgan fingerprint density at radius 3 is 2.64 bits per heavy atom. The quantitative estimate of drug-likeness (QED) is 0.171. The second-order valence-electron chi connectivity index (χ2n) is 10.5. The van der Waals surface area contributed by atoms with Gasteiger partial charge in [-0.15, -0.1) is 19.7 Å². The number of methoxy groups -OCH3 is 1. The minimum atomic E-state index is -0.460. The van der Waals surface area contributed by atoms with E-state index in [1.54, 1.807) is 16.7 Å². The largest absolute Gasteiger partial charge is 0.497 e. The standard InChI is InChI=1S/C31H41N5O4.C2H4/c1-5-6-7-8-9-16-35(3)30(37)19-23(31(38)32-24-10-11-24)15-18-40-28-21-29(36-17-14-22(2)34-36)33-27-20-25(39-4)12-13-26(27)28;1-2/h5,12-14,17,20-21,23-24H,1,6-11,15-16,18-19H2,2-4H3,(H,32,38);1-2H2. The maximum Gasteiger partial charge on any atom is 0.223 e. The van der Waals surface area contributed by atoms with Gasteiger partial charge in [0.25, 0.3) is 0 Å². The minimum absolute atomic E-state index is 0.0162. The van der Waals surface area contributed by atoms with Gasteiger partial charge < -0.3 is 19.7 Å². The predicted octanol–water partition coefficient (Wildman–Crippen LogP) is 5.80. The van der Waals surface area contributed by atoms with Crippen molar-refractivity contribution >= 4 is 22.7 Å². The van der Waals surface area contributed by atoms with Gasteiger partial charge >= 0.3 is 0 Å². The normalized spacial score (nSPS) is 13.0. The molecule has 9 heteroatoms. The Balaban J connectivity index is 0.00000237. The number of fused-ring (bicyclic) bond motifs is 1. The van der Waals surface area contributed by atoms with E-state index in [0.717, 1.165) is 49.6 Å². The number of amides is 2. The highest BCUT2D eigenvalue weighted by atomic mass is 16.5. The molecule has 1 aliphatic rings. The van der Waals surface area contributed by atoms with Crippen molar-refractivity contribution in [2.45, 2.75) is 64.3 Å². The molecular weight excluding hydrogens is 530 g/mol. The SMILES string of the molecule is C=C.C=CCCCCCN(C)C(=O)CC(CCOc1cc(-n2ccc(C)n2)nc2cc(OC)ccc12)C(=O)NC1CC1. The first-order valence-electron chi connectivity index (χ1n) is 14.7. The zero-order valence-electron chi connectivity index (χ0n) is 25.3. The van der Waals surface area contributed by atoms with Gasteiger partial charge in [0.2, 0.25) is 11.8 Å². The molecular formula is C33H45N5O4. The third kappa shape index (κ3) is 9.46. The van der Waals surface area contributed by atoms with Crippen molar-refractivity contribution in [3.63, 3.8) is 0 Å². The monoisotopic (exact) mass is 575 g/mol. The van der Waals surface area contributed by atoms with E-state index in [1.807, 2.05) is 56.6 Å². The number of allylic oxidation sites excluding steroid dienone is 1. The number of nitrogens with zero attached hydrogens (tertiary/aromatic N) is 4. The van der Waals surface area contributed by atoms with E-state index in [1.165, 1.54) is 0 Å². The number of rotatable bonds is 16. The number of carbonyl (C=O) groups excluding carboxylic acids is 2. The number of aryl methyl sites for hydroxylation is 1. The highest BCUT2D eigenvalue weighted by Gasteiger charge is 2.29. The molecule has 0 aliphatic heterocycles. The number of aromatic nitrogens is 3. The van der Waals surface area contributed by atoms with Crippen LogP contribution in [0.1, 0.15) is 57.1 Å². The van der Waals surface area contributed by atoms with Crippen molar-refractivity contribution in [3.8, 4) is 17.3 Å². The first-order valence-corrected chi connectivity index (χ1v) is 14.7. The first kappa shape index (κ1) is 32.4. The molecule has 1 aliphatic carbocycles. The average molecular weight is 576 g/mol. The van der Waals surface area contributed by atoms with Gasteiger partial charge in [-0.1, -0.05) is 12.5 Å². The van der Waals surface area contributed by atoms with E-state index < -0.39 is 5.92 Å². The van der Waals surface area contributed by atoms with E-state index in [9.17, 15) is 9.59 Å². The van der Waals surface area contributed by atoms with Crippen molar-refractivity contribution in [1.29, 1.82) is 0 Å². The highest BCUT2D eigenvalue weighted by Crippen LogP contribution is 2.30. The molecule has 4 rings (SSSR count). The second-order valence-corrected chi connectivity index (χ2v) is 10.5. The van der Waals surface area contributed by atoms with Gasteiger partial charge in [-0.05, 0) is 63.6 Å². The molecule has 0 spiro atoms. The number of nitrogens with one attached hydrogen (secondary N) is 1. The van der Waals surface area contributed by atoms with Crippen LogP contribution in [0.5, 0.6) is 11.5 Å². The lowest BCUT2D eigenvalue weighted by Crippen LogP contribution is -2.37. The molecule has 1 fully saturated rings. The lowest BCUT2D eigenvalue weighted by molar-refractivity contribution is -0.135. The van der Waals surface area contributed by atoms with Gasteiger partial charge in [0, 0.05) is 55.7 Å². The number of hydrogen-bond acceptors (Lipinski definition) is 6. The fourth-order valence-corrected chi connectivity index (χ4v) is 4.56. The summed E-state index contributed by atoms with van der Waals surface area (Å²) in [5.74, 6) is 1.41. The molecule has 1 atom stereocenters. The van der Waals surface area contributed by atoms with Crippen molar-refractivity contribution in [2.24, 2.45) is 5.92 Å². The maximum absolute atomic E-state index is 13.1. The first-order chi connectivity index (χ1) is 20.4. The molecule has 2 aromatic heterocycles. The molecule has 42 heavy (non-hydrogen) atoms. The molecule has 0 radical (unpaired) electrons. The summed E-state index contributed by atoms with van der Waals surface area (Å²) in [6, 6.07) is 9.64. The molecule has 1 unspecified atom stereocenters. The van der Waals surface area contributed by atoms with Gasteiger partial charge in [-0.2, -0.15) is 5.10 Å². The molecule has 2 heterocycles. The minimum Gasteiger partial charge on any atom is -0.497 e. The number of hydrogen-bond donors (Lipinski definition) is 1. The van der Waals surface area contributed by atoms with Gasteiger partial charge in [-0.25, -0.2) is 9.67 Å². The Morgan fingerprint density at radius 2 is 1.98 bits per heavy atom. The molecule has 9 nitrogen and oxygen atoms in total. The van der Waals surface area contributed by atoms with Crippen LogP contribution < -0.4 is 14.8 Å². The molecule has 0 bridgehead atoms. The summed E-state index contributed by atoms with van der Waals surface area (Å²) < 4.78 is 13.4. The number of benzene rings is 1. The van der Waals surface area contributed by atoms with E-state index in [2.05, 4.69) is 30.2 Å². The van der Waals surface area contributed by atoms with E-state index in [4.69, 9.17) is 14.5 Å². The molecule has 226 valence electrons. The third-order valence-corrected chi connectivity index (χ3v) is 7.19. The van der Waals surface area contributed by atoms with Crippen LogP contribution in [-0.4, -0.2) is 64.8 Å². The van der Waals surface area contributed by atoms with Crippen LogP contribution in [0, 0.1) is 12.8 Å². The summed E-state index contributed by atoms with van der Waals surface area (Å²) >= 11 is 0. The van der Waals surface area contributed by atoms with Crippen LogP contribution in [0.25, 0.3) is 16.7 Å². The smallest absolute Gasteiger partial charge is 0.223 e. The van der Waals surface area contributed by atoms with Crippen molar-refractivity contribution in [2.75, 3.05) is 27.3 Å². The summed E-state index contributed by atoms with van der Waals surface area (Å²) in [4.78, 5) is 32.6. The van der Waals surface area contributed by atoms with Crippen LogP contribution >= 0.6 is 0 Å². The lowest BCUT2D eigenvalue weighted by Gasteiger charge is -2.22. The molecule has 3 aromatic rings. The average Bonchev–Trinajstić information content (AvgIpc) is 3.72. The highest BCUT2D eigenvalue weighted by molar-refractivity contribution is 5.87. The van der Waals surface area contributed by atoms with Gasteiger partial charge in [-0.3, -0.25) is 9.59 Å². The molecule has 2 amide bonds. The molecule has 1 saturated carbocycles. The number of carbonyl (C=O) groups is 2. The van der Waals surface area contributed by atoms with Crippen LogP contribution in [-0.2, 0) is 9.59 Å². The van der Waals surface area contributed by atoms with Crippen LogP contribution in [0.3, 0.4) is 0 Å². The zero-order valence-corrected chi connectivity index (χ0v) is 25.3. The molecule has 1 aromatic carbocycles. The van der Waals surface area contributed by atoms with Crippen LogP contribution in [0.4, 0.5) is 0 Å². The maximum atomic E-state index is 13.1. The fraction of sp³-hybridized carbons (Fsp3) is 0.455. The fourth-order valence-electron chi connectivity index (χ4n) is 4.56. The van der Waals surface area contributed by atoms with Gasteiger partial charge in [0.05, 0.1) is 24.9 Å². The predicted molar refractivity (Wildman–Crippen MR) is 167 cm³/mol. The van der Waals surface area contributed by atoms with Crippen molar-refractivity contribution < 1.29 is 19.1 Å². The van der Waals surface area contributed by atoms with E-state index in [0.29, 0.717) is 35.8 Å². The van der Waals surface area contributed by atoms with E-state index in [-0.39, 0.29) is 30.9 Å². The van der Waals surface area contributed by atoms with Gasteiger partial charge in [0.1, 0.15) is 11.5 Å². The second kappa shape index (κ2) is 16.3.